The quantitative estimate of drug-likeness (QED) is 0.454. The van der Waals surface area contributed by atoms with E-state index in [2.05, 4.69) is 28.4 Å². The standard InChI is InChI=1S/H4O5P2S2/c1-6(2,3)5-7(4,8)9/h(H2,1,2,3)(H2,4,8,9)/p-2. The normalized spacial score (nSPS) is 19.1. The molecular formula is H2O5P2S2-2. The van der Waals surface area contributed by atoms with Gasteiger partial charge in [-0.15, -0.1) is 17.5 Å². The van der Waals surface area contributed by atoms with Gasteiger partial charge in [-0.2, -0.15) is 0 Å². The number of phosphoric acid groups is 1. The van der Waals surface area contributed by atoms with Gasteiger partial charge in [0.05, 0.1) is 0 Å². The van der Waals surface area contributed by atoms with E-state index in [4.69, 9.17) is 9.79 Å². The zero-order chi connectivity index (χ0) is 7.71. The summed E-state index contributed by atoms with van der Waals surface area (Å²) < 4.78 is 13.3. The van der Waals surface area contributed by atoms with Crippen molar-refractivity contribution in [2.75, 3.05) is 0 Å². The van der Waals surface area contributed by atoms with Gasteiger partial charge in [-0.25, -0.2) is 4.57 Å². The summed E-state index contributed by atoms with van der Waals surface area (Å²) in [5.74, 6) is 0. The molecule has 0 aliphatic rings. The number of rotatable bonds is 2. The molecule has 0 aromatic heterocycles. The van der Waals surface area contributed by atoms with Gasteiger partial charge in [-0.1, -0.05) is 0 Å². The van der Waals surface area contributed by atoms with Crippen LogP contribution in [0.3, 0.4) is 0 Å². The van der Waals surface area contributed by atoms with Gasteiger partial charge < -0.3 is 26.9 Å². The molecule has 1 atom stereocenters. The van der Waals surface area contributed by atoms with Crippen LogP contribution in [0.15, 0.2) is 0 Å². The van der Waals surface area contributed by atoms with Gasteiger partial charge in [-0.3, -0.25) is 4.31 Å². The highest BCUT2D eigenvalue weighted by molar-refractivity contribution is 8.51. The largest absolute Gasteiger partial charge is 0.818 e. The topological polar surface area (TPSA) is 89.8 Å². The van der Waals surface area contributed by atoms with Crippen LogP contribution in [0.1, 0.15) is 0 Å². The third-order valence-corrected chi connectivity index (χ3v) is 3.06. The molecular weight excluding hydrogens is 206 g/mol. The number of hydrogen-bond acceptors (Lipinski definition) is 5. The molecule has 9 heavy (non-hydrogen) atoms. The van der Waals surface area contributed by atoms with Crippen LogP contribution in [0.2, 0.25) is 0 Å². The van der Waals surface area contributed by atoms with Crippen molar-refractivity contribution in [2.45, 2.75) is 0 Å². The fourth-order valence-corrected chi connectivity index (χ4v) is 2.74. The van der Waals surface area contributed by atoms with Gasteiger partial charge in [0, 0.05) is 0 Å². The SMILES string of the molecule is O=P(O)(O)OP([O-])(=S)[S-]. The van der Waals surface area contributed by atoms with E-state index in [9.17, 15) is 9.46 Å². The van der Waals surface area contributed by atoms with E-state index in [1.807, 2.05) is 0 Å². The van der Waals surface area contributed by atoms with E-state index < -0.39 is 13.5 Å². The lowest BCUT2D eigenvalue weighted by atomic mass is 15.7. The van der Waals surface area contributed by atoms with Gasteiger partial charge in [0.1, 0.15) is 0 Å². The van der Waals surface area contributed by atoms with E-state index in [0.717, 1.165) is 0 Å². The van der Waals surface area contributed by atoms with Gasteiger partial charge in [0.15, 0.2) is 0 Å². The first-order chi connectivity index (χ1) is 3.71. The minimum Gasteiger partial charge on any atom is -0.818 e. The Kier molecular flexibility index (Phi) is 3.34. The van der Waals surface area contributed by atoms with Gasteiger partial charge in [-0.05, 0) is 0 Å². The molecule has 0 bridgehead atoms. The van der Waals surface area contributed by atoms with Gasteiger partial charge in [0.25, 0.3) is 0 Å². The Morgan fingerprint density at radius 1 is 1.67 bits per heavy atom. The van der Waals surface area contributed by atoms with Crippen LogP contribution >= 0.6 is 13.5 Å². The van der Waals surface area contributed by atoms with Crippen molar-refractivity contribution in [3.05, 3.63) is 0 Å². The Labute approximate surface area is 61.6 Å². The Balaban J connectivity index is 4.07. The highest BCUT2D eigenvalue weighted by Gasteiger charge is 2.12. The second-order valence-electron chi connectivity index (χ2n) is 1.02. The second kappa shape index (κ2) is 2.98. The Morgan fingerprint density at radius 3 is 2.00 bits per heavy atom. The highest BCUT2D eigenvalue weighted by Crippen LogP contribution is 2.52. The van der Waals surface area contributed by atoms with Crippen LogP contribution in [-0.4, -0.2) is 9.79 Å². The predicted octanol–water partition coefficient (Wildman–Crippen LogP) is -0.773. The third kappa shape index (κ3) is 9.07. The molecule has 0 saturated heterocycles. The molecule has 0 heterocycles. The lowest BCUT2D eigenvalue weighted by Crippen LogP contribution is -1.98. The van der Waals surface area contributed by atoms with Crippen molar-refractivity contribution in [1.29, 1.82) is 0 Å². The van der Waals surface area contributed by atoms with Crippen molar-refractivity contribution >= 4 is 37.6 Å². The van der Waals surface area contributed by atoms with Crippen LogP contribution < -0.4 is 4.89 Å². The molecule has 0 aromatic carbocycles. The molecule has 0 aromatic rings. The van der Waals surface area contributed by atoms with Crippen molar-refractivity contribution in [3.63, 3.8) is 0 Å². The summed E-state index contributed by atoms with van der Waals surface area (Å²) >= 11 is 7.78. The maximum atomic E-state index is 10.1. The first kappa shape index (κ1) is 10.1. The summed E-state index contributed by atoms with van der Waals surface area (Å²) in [5, 5.41) is 0. The van der Waals surface area contributed by atoms with Crippen LogP contribution in [0.4, 0.5) is 0 Å². The van der Waals surface area contributed by atoms with Gasteiger partial charge in [0.2, 0.25) is 0 Å². The summed E-state index contributed by atoms with van der Waals surface area (Å²) in [6, 6.07) is 0. The summed E-state index contributed by atoms with van der Waals surface area (Å²) in [6.07, 6.45) is 0. The Bertz CT molecular complexity index is 153. The Hall–Kier alpha value is 1.07. The van der Waals surface area contributed by atoms with Crippen LogP contribution in [0.25, 0.3) is 0 Å². The first-order valence-electron chi connectivity index (χ1n) is 1.50. The molecule has 0 aliphatic carbocycles. The summed E-state index contributed by atoms with van der Waals surface area (Å²) in [5.41, 5.74) is -3.88. The van der Waals surface area contributed by atoms with Gasteiger partial charge >= 0.3 is 7.82 Å². The highest BCUT2D eigenvalue weighted by atomic mass is 32.9. The summed E-state index contributed by atoms with van der Waals surface area (Å²) in [4.78, 5) is 26.0. The molecule has 0 spiro atoms. The second-order valence-corrected chi connectivity index (χ2v) is 7.13. The van der Waals surface area contributed by atoms with Crippen molar-refractivity contribution in [3.8, 4) is 0 Å². The average Bonchev–Trinajstić information content (AvgIpc) is 1.14. The summed E-state index contributed by atoms with van der Waals surface area (Å²) in [6.45, 7) is 0. The van der Waals surface area contributed by atoms with Crippen molar-refractivity contribution in [1.82, 2.24) is 0 Å². The lowest BCUT2D eigenvalue weighted by Gasteiger charge is -2.34. The maximum Gasteiger partial charge on any atom is 0.470 e. The molecule has 0 amide bonds. The smallest absolute Gasteiger partial charge is 0.470 e. The van der Waals surface area contributed by atoms with E-state index in [1.54, 1.807) is 0 Å². The monoisotopic (exact) mass is 208 g/mol. The average molecular weight is 208 g/mol. The van der Waals surface area contributed by atoms with E-state index in [0.29, 0.717) is 0 Å². The molecule has 0 aliphatic heterocycles. The van der Waals surface area contributed by atoms with Crippen LogP contribution in [0, 0.1) is 0 Å². The molecule has 1 unspecified atom stereocenters. The maximum absolute atomic E-state index is 10.1. The van der Waals surface area contributed by atoms with E-state index in [1.165, 1.54) is 0 Å². The Morgan fingerprint density at radius 2 is 2.00 bits per heavy atom. The van der Waals surface area contributed by atoms with E-state index >= 15 is 0 Å². The minimum absolute atomic E-state index is 3.48. The van der Waals surface area contributed by atoms with Crippen molar-refractivity contribution in [2.24, 2.45) is 0 Å². The predicted molar refractivity (Wildman–Crippen MR) is 34.8 cm³/mol. The fraction of sp³-hybridized carbons (Fsp3) is 0. The number of hydrogen-bond donors (Lipinski definition) is 2. The molecule has 0 fully saturated rings. The van der Waals surface area contributed by atoms with E-state index in [-0.39, 0.29) is 0 Å². The molecule has 5 nitrogen and oxygen atoms in total. The molecule has 0 radical (unpaired) electrons. The minimum atomic E-state index is -4.76. The molecule has 9 heteroatoms. The van der Waals surface area contributed by atoms with Crippen LogP contribution in [0.5, 0.6) is 0 Å². The third-order valence-electron chi connectivity index (χ3n) is 0.206. The zero-order valence-corrected chi connectivity index (χ0v) is 7.25. The molecule has 2 N–H and O–H groups in total. The molecule has 56 valence electrons. The zero-order valence-electron chi connectivity index (χ0n) is 3.83. The van der Waals surface area contributed by atoms with Crippen LogP contribution in [-0.2, 0) is 32.9 Å². The molecule has 0 saturated carbocycles. The van der Waals surface area contributed by atoms with Crippen molar-refractivity contribution < 1.29 is 23.6 Å². The lowest BCUT2D eigenvalue weighted by molar-refractivity contribution is -0.168. The molecule has 0 rings (SSSR count). The summed E-state index contributed by atoms with van der Waals surface area (Å²) in [7, 11) is -4.76. The first-order valence-corrected chi connectivity index (χ1v) is 6.68. The fourth-order valence-electron chi connectivity index (χ4n) is 0.130.